The summed E-state index contributed by atoms with van der Waals surface area (Å²) < 4.78 is 5.62. The highest BCUT2D eigenvalue weighted by Gasteiger charge is 2.18. The van der Waals surface area contributed by atoms with E-state index in [-0.39, 0.29) is 24.8 Å². The molecule has 0 unspecified atom stereocenters. The van der Waals surface area contributed by atoms with Crippen LogP contribution in [0.5, 0.6) is 5.75 Å². The zero-order valence-corrected chi connectivity index (χ0v) is 16.8. The van der Waals surface area contributed by atoms with Crippen LogP contribution in [0, 0.1) is 20.8 Å². The fourth-order valence-corrected chi connectivity index (χ4v) is 3.20. The van der Waals surface area contributed by atoms with Gasteiger partial charge in [-0.25, -0.2) is 0 Å². The molecule has 2 rings (SSSR count). The molecule has 0 spiro atoms. The standard InChI is InChI=1S/C22H28N2O3/c1-6-27-20-10-8-7-9-19(20)24(18(5)25)12-11-21(26)23-22-16(3)13-15(2)14-17(22)4/h7-10,13-14H,6,11-12H2,1-5H3,(H,23,26). The van der Waals surface area contributed by atoms with Crippen molar-refractivity contribution < 1.29 is 14.3 Å². The van der Waals surface area contributed by atoms with Crippen LogP contribution < -0.4 is 15.0 Å². The molecular weight excluding hydrogens is 340 g/mol. The lowest BCUT2D eigenvalue weighted by atomic mass is 10.0. The molecule has 0 aromatic heterocycles. The number of amides is 2. The maximum Gasteiger partial charge on any atom is 0.226 e. The smallest absolute Gasteiger partial charge is 0.226 e. The molecule has 0 bridgehead atoms. The van der Waals surface area contributed by atoms with Gasteiger partial charge in [-0.15, -0.1) is 0 Å². The number of para-hydroxylation sites is 2. The van der Waals surface area contributed by atoms with Crippen LogP contribution in [0.1, 0.15) is 37.0 Å². The predicted molar refractivity (Wildman–Crippen MR) is 110 cm³/mol. The van der Waals surface area contributed by atoms with E-state index < -0.39 is 0 Å². The number of nitrogens with one attached hydrogen (secondary N) is 1. The number of aryl methyl sites for hydroxylation is 3. The molecule has 144 valence electrons. The largest absolute Gasteiger partial charge is 0.492 e. The first-order chi connectivity index (χ1) is 12.8. The molecular formula is C22H28N2O3. The van der Waals surface area contributed by atoms with Crippen molar-refractivity contribution in [2.45, 2.75) is 41.0 Å². The molecule has 0 aliphatic rings. The second-order valence-corrected chi connectivity index (χ2v) is 6.64. The fraction of sp³-hybridized carbons (Fsp3) is 0.364. The van der Waals surface area contributed by atoms with E-state index in [1.807, 2.05) is 64.1 Å². The Labute approximate surface area is 161 Å². The molecule has 5 nitrogen and oxygen atoms in total. The SMILES string of the molecule is CCOc1ccccc1N(CCC(=O)Nc1c(C)cc(C)cc1C)C(C)=O. The minimum atomic E-state index is -0.127. The molecule has 0 fully saturated rings. The molecule has 27 heavy (non-hydrogen) atoms. The molecule has 0 aliphatic heterocycles. The van der Waals surface area contributed by atoms with Crippen LogP contribution in [-0.2, 0) is 9.59 Å². The third-order valence-electron chi connectivity index (χ3n) is 4.34. The Balaban J connectivity index is 2.11. The van der Waals surface area contributed by atoms with E-state index in [4.69, 9.17) is 4.74 Å². The Morgan fingerprint density at radius 1 is 1.07 bits per heavy atom. The molecule has 0 radical (unpaired) electrons. The predicted octanol–water partition coefficient (Wildman–Crippen LogP) is 4.39. The van der Waals surface area contributed by atoms with Crippen molar-refractivity contribution in [1.29, 1.82) is 0 Å². The van der Waals surface area contributed by atoms with E-state index >= 15 is 0 Å². The van der Waals surface area contributed by atoms with Crippen LogP contribution in [-0.4, -0.2) is 25.0 Å². The summed E-state index contributed by atoms with van der Waals surface area (Å²) in [5.74, 6) is 0.392. The first kappa shape index (κ1) is 20.5. The van der Waals surface area contributed by atoms with Crippen molar-refractivity contribution in [2.24, 2.45) is 0 Å². The average Bonchev–Trinajstić information content (AvgIpc) is 2.59. The van der Waals surface area contributed by atoms with Crippen LogP contribution in [0.3, 0.4) is 0 Å². The third kappa shape index (κ3) is 5.33. The van der Waals surface area contributed by atoms with Gasteiger partial charge >= 0.3 is 0 Å². The zero-order valence-electron chi connectivity index (χ0n) is 16.8. The van der Waals surface area contributed by atoms with E-state index in [0.717, 1.165) is 16.8 Å². The van der Waals surface area contributed by atoms with E-state index in [1.54, 1.807) is 4.90 Å². The van der Waals surface area contributed by atoms with Crippen molar-refractivity contribution in [2.75, 3.05) is 23.4 Å². The van der Waals surface area contributed by atoms with Crippen LogP contribution >= 0.6 is 0 Å². The normalized spacial score (nSPS) is 10.4. The summed E-state index contributed by atoms with van der Waals surface area (Å²) in [6, 6.07) is 11.5. The molecule has 0 heterocycles. The van der Waals surface area contributed by atoms with Gasteiger partial charge in [0.25, 0.3) is 0 Å². The lowest BCUT2D eigenvalue weighted by Gasteiger charge is -2.23. The summed E-state index contributed by atoms with van der Waals surface area (Å²) in [6.07, 6.45) is 0.201. The first-order valence-electron chi connectivity index (χ1n) is 9.21. The lowest BCUT2D eigenvalue weighted by molar-refractivity contribution is -0.117. The number of ether oxygens (including phenoxy) is 1. The number of anilines is 2. The maximum absolute atomic E-state index is 12.5. The highest BCUT2D eigenvalue weighted by atomic mass is 16.5. The molecule has 0 saturated carbocycles. The van der Waals surface area contributed by atoms with Crippen molar-refractivity contribution in [3.63, 3.8) is 0 Å². The first-order valence-corrected chi connectivity index (χ1v) is 9.21. The molecule has 0 saturated heterocycles. The Bertz CT molecular complexity index is 807. The van der Waals surface area contributed by atoms with Crippen molar-refractivity contribution in [1.82, 2.24) is 0 Å². The number of nitrogens with zero attached hydrogens (tertiary/aromatic N) is 1. The number of carbonyl (C=O) groups is 2. The summed E-state index contributed by atoms with van der Waals surface area (Å²) in [7, 11) is 0. The quantitative estimate of drug-likeness (QED) is 0.788. The number of carbonyl (C=O) groups excluding carboxylic acids is 2. The number of rotatable bonds is 7. The van der Waals surface area contributed by atoms with E-state index in [1.165, 1.54) is 12.5 Å². The van der Waals surface area contributed by atoms with Crippen LogP contribution in [0.25, 0.3) is 0 Å². The third-order valence-corrected chi connectivity index (χ3v) is 4.34. The molecule has 2 aromatic rings. The number of hydrogen-bond acceptors (Lipinski definition) is 3. The van der Waals surface area contributed by atoms with E-state index in [0.29, 0.717) is 18.0 Å². The van der Waals surface area contributed by atoms with Gasteiger partial charge in [-0.2, -0.15) is 0 Å². The zero-order chi connectivity index (χ0) is 20.0. The highest BCUT2D eigenvalue weighted by molar-refractivity contribution is 5.96. The van der Waals surface area contributed by atoms with E-state index in [9.17, 15) is 9.59 Å². The molecule has 1 N–H and O–H groups in total. The molecule has 0 atom stereocenters. The van der Waals surface area contributed by atoms with Crippen molar-refractivity contribution >= 4 is 23.2 Å². The van der Waals surface area contributed by atoms with E-state index in [2.05, 4.69) is 5.32 Å². The summed E-state index contributed by atoms with van der Waals surface area (Å²) in [5, 5.41) is 2.98. The minimum absolute atomic E-state index is 0.120. The van der Waals surface area contributed by atoms with Gasteiger partial charge in [0.2, 0.25) is 11.8 Å². The van der Waals surface area contributed by atoms with Crippen molar-refractivity contribution in [3.05, 3.63) is 53.1 Å². The summed E-state index contributed by atoms with van der Waals surface area (Å²) in [6.45, 7) is 10.2. The maximum atomic E-state index is 12.5. The molecule has 2 amide bonds. The molecule has 5 heteroatoms. The topological polar surface area (TPSA) is 58.6 Å². The number of hydrogen-bond donors (Lipinski definition) is 1. The van der Waals surface area contributed by atoms with Gasteiger partial charge in [0.05, 0.1) is 12.3 Å². The second-order valence-electron chi connectivity index (χ2n) is 6.64. The van der Waals surface area contributed by atoms with Crippen LogP contribution in [0.15, 0.2) is 36.4 Å². The van der Waals surface area contributed by atoms with Gasteiger partial charge in [-0.05, 0) is 51.0 Å². The van der Waals surface area contributed by atoms with Crippen LogP contribution in [0.2, 0.25) is 0 Å². The van der Waals surface area contributed by atoms with Gasteiger partial charge in [0, 0.05) is 25.6 Å². The lowest BCUT2D eigenvalue weighted by Crippen LogP contribution is -2.32. The Morgan fingerprint density at radius 3 is 2.30 bits per heavy atom. The van der Waals surface area contributed by atoms with Crippen LogP contribution in [0.4, 0.5) is 11.4 Å². The fourth-order valence-electron chi connectivity index (χ4n) is 3.20. The van der Waals surface area contributed by atoms with Gasteiger partial charge < -0.3 is 15.0 Å². The van der Waals surface area contributed by atoms with Gasteiger partial charge in [0.15, 0.2) is 0 Å². The summed E-state index contributed by atoms with van der Waals surface area (Å²) in [4.78, 5) is 26.2. The van der Waals surface area contributed by atoms with Gasteiger partial charge in [-0.1, -0.05) is 29.8 Å². The Kier molecular flexibility index (Phi) is 6.99. The average molecular weight is 368 g/mol. The van der Waals surface area contributed by atoms with Gasteiger partial charge in [-0.3, -0.25) is 9.59 Å². The highest BCUT2D eigenvalue weighted by Crippen LogP contribution is 2.28. The summed E-state index contributed by atoms with van der Waals surface area (Å²) in [5.41, 5.74) is 4.76. The van der Waals surface area contributed by atoms with Gasteiger partial charge in [0.1, 0.15) is 5.75 Å². The monoisotopic (exact) mass is 368 g/mol. The second kappa shape index (κ2) is 9.21. The minimum Gasteiger partial charge on any atom is -0.492 e. The Hall–Kier alpha value is -2.82. The molecule has 0 aliphatic carbocycles. The molecule has 2 aromatic carbocycles. The Morgan fingerprint density at radius 2 is 1.70 bits per heavy atom. The van der Waals surface area contributed by atoms with Crippen molar-refractivity contribution in [3.8, 4) is 5.75 Å². The number of benzene rings is 2. The summed E-state index contributed by atoms with van der Waals surface area (Å²) >= 11 is 0.